The topological polar surface area (TPSA) is 52.6 Å². The Morgan fingerprint density at radius 3 is 1.70 bits per heavy atom. The van der Waals surface area contributed by atoms with Gasteiger partial charge in [0.25, 0.3) is 0 Å². The summed E-state index contributed by atoms with van der Waals surface area (Å²) in [5.74, 6) is -1.41. The van der Waals surface area contributed by atoms with Crippen LogP contribution in [0.1, 0.15) is 16.0 Å². The first-order valence-corrected chi connectivity index (χ1v) is 9.27. The summed E-state index contributed by atoms with van der Waals surface area (Å²) in [7, 11) is 0. The molecule has 136 valence electrons. The van der Waals surface area contributed by atoms with Crippen LogP contribution in [-0.2, 0) is 32.3 Å². The van der Waals surface area contributed by atoms with Gasteiger partial charge >= 0.3 is 11.9 Å². The van der Waals surface area contributed by atoms with E-state index in [1.165, 1.54) is 17.4 Å². The molecular formula is C22H18O4S. The van der Waals surface area contributed by atoms with Crippen molar-refractivity contribution in [2.24, 2.45) is 0 Å². The van der Waals surface area contributed by atoms with E-state index in [-0.39, 0.29) is 18.8 Å². The molecule has 0 fully saturated rings. The van der Waals surface area contributed by atoms with E-state index in [0.29, 0.717) is 0 Å². The van der Waals surface area contributed by atoms with Gasteiger partial charge < -0.3 is 9.47 Å². The second-order valence-corrected chi connectivity index (χ2v) is 6.68. The molecule has 0 N–H and O–H groups in total. The largest absolute Gasteiger partial charge is 0.457 e. The number of benzene rings is 2. The number of thiophene rings is 1. The fourth-order valence-electron chi connectivity index (χ4n) is 2.32. The van der Waals surface area contributed by atoms with Gasteiger partial charge in [-0.15, -0.1) is 11.3 Å². The van der Waals surface area contributed by atoms with Crippen LogP contribution in [0, 0.1) is 0 Å². The minimum atomic E-state index is -0.703. The van der Waals surface area contributed by atoms with Gasteiger partial charge in [0.15, 0.2) is 0 Å². The number of rotatable bonds is 7. The molecule has 1 aromatic heterocycles. The van der Waals surface area contributed by atoms with Crippen molar-refractivity contribution in [3.63, 3.8) is 0 Å². The highest BCUT2D eigenvalue weighted by atomic mass is 32.1. The highest BCUT2D eigenvalue weighted by Crippen LogP contribution is 2.17. The summed E-state index contributed by atoms with van der Waals surface area (Å²) in [6, 6.07) is 22.3. The van der Waals surface area contributed by atoms with Crippen molar-refractivity contribution in [1.82, 2.24) is 0 Å². The van der Waals surface area contributed by atoms with Crippen molar-refractivity contribution in [1.29, 1.82) is 0 Å². The van der Waals surface area contributed by atoms with E-state index in [9.17, 15) is 9.59 Å². The lowest BCUT2D eigenvalue weighted by atomic mass is 10.2. The zero-order valence-electron chi connectivity index (χ0n) is 14.5. The van der Waals surface area contributed by atoms with Crippen LogP contribution in [-0.4, -0.2) is 11.9 Å². The molecule has 0 aliphatic rings. The maximum Gasteiger partial charge on any atom is 0.345 e. The normalized spacial score (nSPS) is 10.1. The molecule has 3 rings (SSSR count). The summed E-state index contributed by atoms with van der Waals surface area (Å²) >= 11 is 1.42. The van der Waals surface area contributed by atoms with E-state index in [2.05, 4.69) is 0 Å². The summed E-state index contributed by atoms with van der Waals surface area (Å²) in [5, 5.41) is 1.87. The Morgan fingerprint density at radius 1 is 0.741 bits per heavy atom. The first-order chi connectivity index (χ1) is 13.2. The van der Waals surface area contributed by atoms with E-state index in [1.54, 1.807) is 0 Å². The van der Waals surface area contributed by atoms with Crippen LogP contribution in [0.2, 0.25) is 0 Å². The van der Waals surface area contributed by atoms with Crippen molar-refractivity contribution in [3.8, 4) is 0 Å². The van der Waals surface area contributed by atoms with Gasteiger partial charge in [-0.25, -0.2) is 9.59 Å². The van der Waals surface area contributed by atoms with Crippen molar-refractivity contribution in [2.75, 3.05) is 0 Å². The van der Waals surface area contributed by atoms with Crippen molar-refractivity contribution >= 4 is 29.4 Å². The number of hydrogen-bond acceptors (Lipinski definition) is 5. The van der Waals surface area contributed by atoms with Gasteiger partial charge in [0.2, 0.25) is 0 Å². The Kier molecular flexibility index (Phi) is 6.55. The number of esters is 2. The average Bonchev–Trinajstić information content (AvgIpc) is 3.23. The summed E-state index contributed by atoms with van der Waals surface area (Å²) in [6.45, 7) is 0.181. The molecule has 4 nitrogen and oxygen atoms in total. The highest BCUT2D eigenvalue weighted by Gasteiger charge is 2.22. The number of hydrogen-bond donors (Lipinski definition) is 0. The van der Waals surface area contributed by atoms with Gasteiger partial charge in [0.05, 0.1) is 0 Å². The standard InChI is InChI=1S/C22H18O4S/c23-21(25-15-17-8-3-1-4-9-17)20(14-19-12-7-13-27-19)22(24)26-16-18-10-5-2-6-11-18/h1-14H,15-16H2. The smallest absolute Gasteiger partial charge is 0.345 e. The summed E-state index contributed by atoms with van der Waals surface area (Å²) < 4.78 is 10.6. The molecule has 0 aliphatic carbocycles. The predicted molar refractivity (Wildman–Crippen MR) is 105 cm³/mol. The maximum atomic E-state index is 12.5. The van der Waals surface area contributed by atoms with E-state index in [4.69, 9.17) is 9.47 Å². The average molecular weight is 378 g/mol. The molecule has 0 aliphatic heterocycles. The Bertz CT molecular complexity index is 843. The Balaban J connectivity index is 1.70. The second kappa shape index (κ2) is 9.50. The molecule has 0 bridgehead atoms. The minimum Gasteiger partial charge on any atom is -0.457 e. The van der Waals surface area contributed by atoms with Crippen LogP contribution in [0.25, 0.3) is 6.08 Å². The minimum absolute atomic E-state index is 0.0907. The Labute approximate surface area is 161 Å². The molecule has 0 unspecified atom stereocenters. The van der Waals surface area contributed by atoms with Gasteiger partial charge in [-0.3, -0.25) is 0 Å². The van der Waals surface area contributed by atoms with E-state index in [0.717, 1.165) is 16.0 Å². The zero-order valence-corrected chi connectivity index (χ0v) is 15.4. The molecule has 0 spiro atoms. The van der Waals surface area contributed by atoms with Crippen molar-refractivity contribution in [3.05, 3.63) is 99.8 Å². The number of carbonyl (C=O) groups is 2. The third-order valence-corrected chi connectivity index (χ3v) is 4.51. The van der Waals surface area contributed by atoms with Gasteiger partial charge in [-0.1, -0.05) is 66.7 Å². The highest BCUT2D eigenvalue weighted by molar-refractivity contribution is 7.10. The molecule has 0 amide bonds. The third-order valence-electron chi connectivity index (χ3n) is 3.70. The predicted octanol–water partition coefficient (Wildman–Crippen LogP) is 4.62. The molecule has 2 aromatic carbocycles. The molecule has 27 heavy (non-hydrogen) atoms. The van der Waals surface area contributed by atoms with Crippen LogP contribution in [0.5, 0.6) is 0 Å². The molecule has 5 heteroatoms. The fraction of sp³-hybridized carbons (Fsp3) is 0.0909. The van der Waals surface area contributed by atoms with Gasteiger partial charge in [-0.05, 0) is 28.6 Å². The Hall–Kier alpha value is -3.18. The second-order valence-electron chi connectivity index (χ2n) is 5.70. The fourth-order valence-corrected chi connectivity index (χ4v) is 2.98. The van der Waals surface area contributed by atoms with Crippen LogP contribution >= 0.6 is 11.3 Å². The monoisotopic (exact) mass is 378 g/mol. The van der Waals surface area contributed by atoms with Gasteiger partial charge in [0, 0.05) is 4.88 Å². The number of ether oxygens (including phenoxy) is 2. The van der Waals surface area contributed by atoms with Crippen molar-refractivity contribution < 1.29 is 19.1 Å². The van der Waals surface area contributed by atoms with Crippen LogP contribution in [0.4, 0.5) is 0 Å². The van der Waals surface area contributed by atoms with Gasteiger partial charge in [0.1, 0.15) is 18.8 Å². The lowest BCUT2D eigenvalue weighted by Gasteiger charge is -2.09. The van der Waals surface area contributed by atoms with Crippen LogP contribution in [0.15, 0.2) is 83.7 Å². The van der Waals surface area contributed by atoms with Crippen LogP contribution < -0.4 is 0 Å². The molecule has 0 saturated carbocycles. The first-order valence-electron chi connectivity index (χ1n) is 8.39. The lowest BCUT2D eigenvalue weighted by Crippen LogP contribution is -2.18. The summed E-state index contributed by atoms with van der Waals surface area (Å²) in [5.41, 5.74) is 1.57. The summed E-state index contributed by atoms with van der Waals surface area (Å²) in [4.78, 5) is 25.8. The lowest BCUT2D eigenvalue weighted by molar-refractivity contribution is -0.148. The quantitative estimate of drug-likeness (QED) is 0.261. The molecule has 0 saturated heterocycles. The molecule has 3 aromatic rings. The van der Waals surface area contributed by atoms with Crippen LogP contribution in [0.3, 0.4) is 0 Å². The molecule has 0 radical (unpaired) electrons. The molecular weight excluding hydrogens is 360 g/mol. The number of carbonyl (C=O) groups excluding carboxylic acids is 2. The van der Waals surface area contributed by atoms with E-state index >= 15 is 0 Å². The Morgan fingerprint density at radius 2 is 1.26 bits per heavy atom. The zero-order chi connectivity index (χ0) is 18.9. The summed E-state index contributed by atoms with van der Waals surface area (Å²) in [6.07, 6.45) is 1.51. The maximum absolute atomic E-state index is 12.5. The van der Waals surface area contributed by atoms with E-state index < -0.39 is 11.9 Å². The SMILES string of the molecule is O=C(OCc1ccccc1)C(=Cc1cccs1)C(=O)OCc1ccccc1. The van der Waals surface area contributed by atoms with Crippen molar-refractivity contribution in [2.45, 2.75) is 13.2 Å². The molecule has 0 atom stereocenters. The first kappa shape index (κ1) is 18.6. The van der Waals surface area contributed by atoms with Gasteiger partial charge in [-0.2, -0.15) is 0 Å². The molecule has 1 heterocycles. The van der Waals surface area contributed by atoms with E-state index in [1.807, 2.05) is 78.2 Å². The third kappa shape index (κ3) is 5.66.